The van der Waals surface area contributed by atoms with Gasteiger partial charge in [-0.3, -0.25) is 9.80 Å². The predicted molar refractivity (Wildman–Crippen MR) is 299 cm³/mol. The quantitative estimate of drug-likeness (QED) is 0.151. The molecule has 406 valence electrons. The van der Waals surface area contributed by atoms with E-state index in [9.17, 15) is 0 Å². The van der Waals surface area contributed by atoms with Gasteiger partial charge in [-0.2, -0.15) is 0 Å². The maximum absolute atomic E-state index is 7.00. The number of halogens is 2. The summed E-state index contributed by atoms with van der Waals surface area (Å²) in [6, 6.07) is 11.8. The number of aliphatic hydroxyl groups is 1. The number of nitrogens with one attached hydrogen (secondary N) is 2. The first-order chi connectivity index (χ1) is 36.0. The average Bonchev–Trinajstić information content (AvgIpc) is 4.21. The zero-order chi connectivity index (χ0) is 52.5. The molecule has 3 aliphatic heterocycles. The number of aliphatic hydroxyl groups excluding tert-OH is 1. The van der Waals surface area contributed by atoms with Crippen molar-refractivity contribution in [3.05, 3.63) is 71.2 Å². The molecular formula is C53H73Cl2KN14O6. The van der Waals surface area contributed by atoms with E-state index in [0.717, 1.165) is 165 Å². The molecule has 23 heteroatoms. The number of H-pyrrole nitrogens is 1. The van der Waals surface area contributed by atoms with Crippen molar-refractivity contribution in [3.8, 4) is 45.8 Å². The minimum atomic E-state index is 0. The molecular weight excluding hydrogens is 1040 g/mol. The van der Waals surface area contributed by atoms with Crippen LogP contribution in [0.3, 0.4) is 0 Å². The summed E-state index contributed by atoms with van der Waals surface area (Å²) >= 11 is 12.9. The third kappa shape index (κ3) is 14.0. The van der Waals surface area contributed by atoms with Gasteiger partial charge in [-0.25, -0.2) is 19.9 Å². The van der Waals surface area contributed by atoms with Crippen molar-refractivity contribution >= 4 is 67.3 Å². The minimum Gasteiger partial charge on any atom is -0.870 e. The molecule has 8 aromatic heterocycles. The Hall–Kier alpha value is -4.14. The molecule has 0 bridgehead atoms. The van der Waals surface area contributed by atoms with Gasteiger partial charge in [0, 0.05) is 178 Å². The molecule has 76 heavy (non-hydrogen) atoms. The van der Waals surface area contributed by atoms with E-state index < -0.39 is 0 Å². The topological polar surface area (TPSA) is 198 Å². The van der Waals surface area contributed by atoms with E-state index in [-0.39, 0.29) is 56.9 Å². The fraction of sp³-hybridized carbons (Fsp3) is 0.472. The Labute approximate surface area is 497 Å². The van der Waals surface area contributed by atoms with Crippen LogP contribution in [-0.4, -0.2) is 222 Å². The average molecular weight is 1110 g/mol. The number of fused-ring (bicyclic) bond motifs is 4. The standard InChI is InChI=1S/C24H29ClN6O2.C23H27ClN6O2.C5H12N2.CH4O.K.H2O/c1-28-7-9-30(10-8-28)11-12-31-15-17(22-20(31)14-21(32-3)24(27-22)33-4)19-13-16-18(25)5-6-26-23(16)29(19)2;1-28-6-8-29(9-7-28)10-11-30-14-16(18-12-15-17(24)4-5-25-22(15)26-18)21-19(30)13-20(31-2)23(27-21)32-3;1-7-4-2-6-3-5-7;1-2;;/h5-6,13-15H,7-12H2,1-4H3;4-5,12-14H,6-11H2,1-3H3,(H,25,26);6H,2-5H2,1H3;2H,1H3;;1H2/q;;;;+1;/p-1. The van der Waals surface area contributed by atoms with Crippen LogP contribution in [0.4, 0.5) is 0 Å². The maximum atomic E-state index is 7.00. The molecule has 0 saturated carbocycles. The first kappa shape index (κ1) is 61.1. The second kappa shape index (κ2) is 28.7. The fourth-order valence-corrected chi connectivity index (χ4v) is 10.1. The minimum absolute atomic E-state index is 0. The molecule has 11 heterocycles. The Morgan fingerprint density at radius 3 is 1.51 bits per heavy atom. The monoisotopic (exact) mass is 1110 g/mol. The Morgan fingerprint density at radius 2 is 1.05 bits per heavy atom. The molecule has 8 aromatic rings. The molecule has 0 unspecified atom stereocenters. The van der Waals surface area contributed by atoms with Gasteiger partial charge in [0.2, 0.25) is 0 Å². The van der Waals surface area contributed by atoms with Crippen LogP contribution in [0.1, 0.15) is 0 Å². The van der Waals surface area contributed by atoms with Gasteiger partial charge in [0.25, 0.3) is 11.8 Å². The van der Waals surface area contributed by atoms with Crippen molar-refractivity contribution < 1.29 is 80.9 Å². The number of piperazine rings is 3. The second-order valence-corrected chi connectivity index (χ2v) is 19.6. The molecule has 0 amide bonds. The smallest absolute Gasteiger partial charge is 0.870 e. The molecule has 0 radical (unpaired) electrons. The Kier molecular flexibility index (Phi) is 23.0. The third-order valence-corrected chi connectivity index (χ3v) is 14.8. The number of aromatic nitrogens is 8. The number of hydrogen-bond acceptors (Lipinski definition) is 16. The molecule has 0 aliphatic carbocycles. The van der Waals surface area contributed by atoms with Crippen LogP contribution in [-0.2, 0) is 20.1 Å². The number of nitrogens with zero attached hydrogens (tertiary/aromatic N) is 12. The van der Waals surface area contributed by atoms with E-state index in [4.69, 9.17) is 57.2 Å². The van der Waals surface area contributed by atoms with Gasteiger partial charge in [-0.15, -0.1) is 0 Å². The predicted octanol–water partition coefficient (Wildman–Crippen LogP) is 2.96. The number of aryl methyl sites for hydroxylation is 1. The van der Waals surface area contributed by atoms with Gasteiger partial charge >= 0.3 is 51.4 Å². The van der Waals surface area contributed by atoms with Crippen molar-refractivity contribution in [1.29, 1.82) is 0 Å². The Bertz CT molecular complexity index is 3130. The van der Waals surface area contributed by atoms with Gasteiger partial charge in [0.15, 0.2) is 11.5 Å². The van der Waals surface area contributed by atoms with Crippen molar-refractivity contribution in [2.75, 3.05) is 148 Å². The summed E-state index contributed by atoms with van der Waals surface area (Å²) in [5, 5.41) is 13.4. The second-order valence-electron chi connectivity index (χ2n) is 18.8. The first-order valence-electron chi connectivity index (χ1n) is 25.1. The van der Waals surface area contributed by atoms with Gasteiger partial charge < -0.3 is 68.2 Å². The van der Waals surface area contributed by atoms with Crippen LogP contribution < -0.4 is 75.6 Å². The normalized spacial score (nSPS) is 15.7. The summed E-state index contributed by atoms with van der Waals surface area (Å²) < 4.78 is 28.7. The molecule has 0 spiro atoms. The van der Waals surface area contributed by atoms with E-state index >= 15 is 0 Å². The van der Waals surface area contributed by atoms with Crippen molar-refractivity contribution in [2.24, 2.45) is 7.05 Å². The van der Waals surface area contributed by atoms with Crippen LogP contribution in [0.2, 0.25) is 10.0 Å². The van der Waals surface area contributed by atoms with Crippen molar-refractivity contribution in [2.45, 2.75) is 13.1 Å². The van der Waals surface area contributed by atoms with E-state index in [0.29, 0.717) is 33.3 Å². The third-order valence-electron chi connectivity index (χ3n) is 14.2. The summed E-state index contributed by atoms with van der Waals surface area (Å²) in [5.74, 6) is 2.17. The zero-order valence-corrected chi connectivity index (χ0v) is 50.4. The van der Waals surface area contributed by atoms with Crippen LogP contribution in [0.5, 0.6) is 23.3 Å². The van der Waals surface area contributed by atoms with E-state index in [1.54, 1.807) is 46.9 Å². The first-order valence-corrected chi connectivity index (χ1v) is 25.9. The molecule has 0 atom stereocenters. The largest absolute Gasteiger partial charge is 1.00 e. The maximum Gasteiger partial charge on any atom is 1.00 e. The summed E-state index contributed by atoms with van der Waals surface area (Å²) in [4.78, 5) is 34.1. The Balaban J connectivity index is 0.000000208. The SMILES string of the molecule is CN1CCNCC1.CO.COc1cc2c(nc1OC)c(-c1cc3c(Cl)ccnc3[nH]1)cn2CCN1CCN(C)CC1.COc1cc2c(nc1OC)c(-c1cc3c(Cl)ccnc3n1C)cn2CCN1CCN(C)CC1.[K+].[OH-]. The van der Waals surface area contributed by atoms with Crippen LogP contribution >= 0.6 is 23.2 Å². The molecule has 11 rings (SSSR count). The zero-order valence-electron chi connectivity index (χ0n) is 45.7. The van der Waals surface area contributed by atoms with Gasteiger partial charge in [-0.1, -0.05) is 23.2 Å². The number of hydrogen-bond donors (Lipinski definition) is 3. The van der Waals surface area contributed by atoms with E-state index in [2.05, 4.69) is 98.1 Å². The Morgan fingerprint density at radius 1 is 0.579 bits per heavy atom. The van der Waals surface area contributed by atoms with E-state index in [1.807, 2.05) is 31.3 Å². The van der Waals surface area contributed by atoms with Crippen LogP contribution in [0, 0.1) is 0 Å². The van der Waals surface area contributed by atoms with Crippen LogP contribution in [0.25, 0.3) is 66.6 Å². The molecule has 4 N–H and O–H groups in total. The summed E-state index contributed by atoms with van der Waals surface area (Å²) in [7, 11) is 16.0. The number of aromatic amines is 1. The van der Waals surface area contributed by atoms with E-state index in [1.165, 1.54) is 13.1 Å². The van der Waals surface area contributed by atoms with Gasteiger partial charge in [-0.05, 0) is 45.4 Å². The van der Waals surface area contributed by atoms with Gasteiger partial charge in [0.05, 0.1) is 60.9 Å². The van der Waals surface area contributed by atoms with Gasteiger partial charge in [0.1, 0.15) is 22.3 Å². The number of ether oxygens (including phenoxy) is 4. The number of rotatable bonds is 12. The summed E-state index contributed by atoms with van der Waals surface area (Å²) in [5.41, 5.74) is 9.26. The summed E-state index contributed by atoms with van der Waals surface area (Å²) in [6.45, 7) is 17.2. The van der Waals surface area contributed by atoms with Crippen LogP contribution in [0.15, 0.2) is 61.2 Å². The molecule has 3 saturated heterocycles. The number of pyridine rings is 4. The number of likely N-dealkylation sites (N-methyl/N-ethyl adjacent to an activating group) is 3. The molecule has 3 aliphatic rings. The molecule has 20 nitrogen and oxygen atoms in total. The molecule has 3 fully saturated rings. The number of methoxy groups -OCH3 is 4. The van der Waals surface area contributed by atoms with Crippen molar-refractivity contribution in [1.82, 2.24) is 68.4 Å². The summed E-state index contributed by atoms with van der Waals surface area (Å²) in [6.07, 6.45) is 7.76. The van der Waals surface area contributed by atoms with Crippen molar-refractivity contribution in [3.63, 3.8) is 0 Å². The molecule has 0 aromatic carbocycles. The fourth-order valence-electron chi connectivity index (χ4n) is 9.69.